The van der Waals surface area contributed by atoms with Crippen LogP contribution in [0.3, 0.4) is 0 Å². The lowest BCUT2D eigenvalue weighted by atomic mass is 9.89. The Labute approximate surface area is 266 Å². The fourth-order valence-corrected chi connectivity index (χ4v) is 7.02. The van der Waals surface area contributed by atoms with Gasteiger partial charge < -0.3 is 9.47 Å². The molecule has 1 amide bonds. The number of amides is 1. The van der Waals surface area contributed by atoms with E-state index in [4.69, 9.17) is 9.51 Å². The zero-order chi connectivity index (χ0) is 32.2. The van der Waals surface area contributed by atoms with Crippen molar-refractivity contribution in [2.45, 2.75) is 44.7 Å². The summed E-state index contributed by atoms with van der Waals surface area (Å²) in [7, 11) is 0. The van der Waals surface area contributed by atoms with Crippen molar-refractivity contribution in [3.05, 3.63) is 129 Å². The van der Waals surface area contributed by atoms with E-state index in [-0.39, 0.29) is 23.6 Å². The van der Waals surface area contributed by atoms with Crippen molar-refractivity contribution in [1.82, 2.24) is 24.6 Å². The van der Waals surface area contributed by atoms with Gasteiger partial charge in [-0.1, -0.05) is 29.4 Å². The van der Waals surface area contributed by atoms with Crippen LogP contribution in [0.2, 0.25) is 0 Å². The number of carbonyl (C=O) groups is 1. The van der Waals surface area contributed by atoms with Crippen LogP contribution in [0.25, 0.3) is 33.4 Å². The lowest BCUT2D eigenvalue weighted by Gasteiger charge is -2.18. The third kappa shape index (κ3) is 5.11. The van der Waals surface area contributed by atoms with E-state index < -0.39 is 17.4 Å². The highest BCUT2D eigenvalue weighted by atomic mass is 19.2. The summed E-state index contributed by atoms with van der Waals surface area (Å²) in [5.41, 5.74) is 6.30. The van der Waals surface area contributed by atoms with Gasteiger partial charge in [-0.05, 0) is 91.3 Å². The standard InChI is InChI=1S/C36H28F3N5O3/c37-24-8-3-20(4-9-24)6-11-27-31(34-41-36(46)47-42-34)30(32-33(40-27)29-2-1-15-44(29)35(32)45)23-7-12-28-22(19-23)14-17-43(28)16-13-21-5-10-25(38)26(39)18-21/h3-5,7-10,12,14,17-19,29H,1-2,6,11,13,15-16H2,(H,41,42,46)/t29-/m1/s1. The number of hydrogen-bond donors (Lipinski definition) is 1. The summed E-state index contributed by atoms with van der Waals surface area (Å²) in [6, 6.07) is 18.0. The number of nitrogens with zero attached hydrogens (tertiary/aromatic N) is 4. The van der Waals surface area contributed by atoms with E-state index in [0.29, 0.717) is 60.3 Å². The minimum Gasteiger partial charge on any atom is -0.347 e. The molecule has 3 aromatic carbocycles. The summed E-state index contributed by atoms with van der Waals surface area (Å²) in [5, 5.41) is 4.96. The van der Waals surface area contributed by atoms with Crippen LogP contribution in [-0.4, -0.2) is 37.0 Å². The molecule has 8 rings (SSSR count). The molecule has 0 unspecified atom stereocenters. The summed E-state index contributed by atoms with van der Waals surface area (Å²) < 4.78 is 47.8. The number of rotatable bonds is 8. The van der Waals surface area contributed by atoms with E-state index in [1.165, 1.54) is 18.2 Å². The van der Waals surface area contributed by atoms with Gasteiger partial charge in [0.15, 0.2) is 17.5 Å². The van der Waals surface area contributed by atoms with Crippen molar-refractivity contribution < 1.29 is 22.5 Å². The molecule has 6 aromatic rings. The van der Waals surface area contributed by atoms with Gasteiger partial charge in [-0.15, -0.1) is 0 Å². The molecule has 2 aliphatic rings. The van der Waals surface area contributed by atoms with Gasteiger partial charge in [0.2, 0.25) is 0 Å². The zero-order valence-corrected chi connectivity index (χ0v) is 25.1. The number of aryl methyl sites for hydroxylation is 4. The first-order valence-electron chi connectivity index (χ1n) is 15.6. The van der Waals surface area contributed by atoms with E-state index in [1.807, 2.05) is 39.9 Å². The number of H-pyrrole nitrogens is 1. The van der Waals surface area contributed by atoms with Gasteiger partial charge in [-0.3, -0.25) is 19.3 Å². The average molecular weight is 636 g/mol. The highest BCUT2D eigenvalue weighted by Crippen LogP contribution is 2.47. The van der Waals surface area contributed by atoms with Gasteiger partial charge in [0, 0.05) is 35.8 Å². The SMILES string of the molecule is O=C1c2c(nc(CCc3ccc(F)cc3)c(-c3noc(=O)[nH]3)c2-c2ccc3c(ccn3CCc3ccc(F)c(F)c3)c2)[C@H]2CCCN12. The topological polar surface area (TPSA) is 97.0 Å². The Hall–Kier alpha value is -5.45. The Bertz CT molecular complexity index is 2240. The van der Waals surface area contributed by atoms with Gasteiger partial charge in [-0.25, -0.2) is 18.0 Å². The smallest absolute Gasteiger partial charge is 0.347 e. The fourth-order valence-electron chi connectivity index (χ4n) is 7.02. The van der Waals surface area contributed by atoms with Crippen molar-refractivity contribution in [1.29, 1.82) is 0 Å². The second-order valence-electron chi connectivity index (χ2n) is 12.1. The van der Waals surface area contributed by atoms with Crippen LogP contribution in [0.15, 0.2) is 82.2 Å². The Balaban J connectivity index is 1.25. The summed E-state index contributed by atoms with van der Waals surface area (Å²) in [5.74, 6) is -2.71. The molecule has 47 heavy (non-hydrogen) atoms. The van der Waals surface area contributed by atoms with Crippen molar-refractivity contribution in [3.8, 4) is 22.5 Å². The van der Waals surface area contributed by atoms with E-state index in [2.05, 4.69) is 10.1 Å². The Kier molecular flexibility index (Phi) is 7.04. The van der Waals surface area contributed by atoms with Crippen molar-refractivity contribution >= 4 is 16.8 Å². The summed E-state index contributed by atoms with van der Waals surface area (Å²) in [6.45, 7) is 1.19. The molecular weight excluding hydrogens is 607 g/mol. The Morgan fingerprint density at radius 1 is 0.851 bits per heavy atom. The molecule has 5 heterocycles. The zero-order valence-electron chi connectivity index (χ0n) is 25.1. The number of aromatic nitrogens is 4. The minimum absolute atomic E-state index is 0.105. The maximum absolute atomic E-state index is 14.0. The largest absolute Gasteiger partial charge is 0.439 e. The quantitative estimate of drug-likeness (QED) is 0.199. The molecule has 2 aliphatic heterocycles. The summed E-state index contributed by atoms with van der Waals surface area (Å²) in [4.78, 5) is 35.8. The molecule has 236 valence electrons. The van der Waals surface area contributed by atoms with Crippen LogP contribution in [0.5, 0.6) is 0 Å². The highest BCUT2D eigenvalue weighted by molar-refractivity contribution is 6.09. The molecule has 0 bridgehead atoms. The molecule has 1 N–H and O–H groups in total. The number of fused-ring (bicyclic) bond motifs is 4. The van der Waals surface area contributed by atoms with Crippen LogP contribution in [0.1, 0.15) is 51.8 Å². The molecule has 0 saturated carbocycles. The molecule has 11 heteroatoms. The van der Waals surface area contributed by atoms with Crippen molar-refractivity contribution in [2.24, 2.45) is 0 Å². The van der Waals surface area contributed by atoms with Crippen LogP contribution >= 0.6 is 0 Å². The second-order valence-corrected chi connectivity index (χ2v) is 12.1. The maximum Gasteiger partial charge on any atom is 0.439 e. The van der Waals surface area contributed by atoms with Crippen molar-refractivity contribution in [3.63, 3.8) is 0 Å². The molecule has 1 fully saturated rings. The van der Waals surface area contributed by atoms with Gasteiger partial charge in [0.05, 0.1) is 28.6 Å². The van der Waals surface area contributed by atoms with Crippen LogP contribution in [0, 0.1) is 17.5 Å². The Morgan fingerprint density at radius 2 is 1.68 bits per heavy atom. The minimum atomic E-state index is -0.873. The van der Waals surface area contributed by atoms with Gasteiger partial charge in [0.25, 0.3) is 5.91 Å². The normalized spacial score (nSPS) is 15.5. The first-order valence-corrected chi connectivity index (χ1v) is 15.6. The predicted octanol–water partition coefficient (Wildman–Crippen LogP) is 6.78. The van der Waals surface area contributed by atoms with Crippen LogP contribution < -0.4 is 5.76 Å². The molecule has 1 atom stereocenters. The number of carbonyl (C=O) groups excluding carboxylic acids is 1. The fraction of sp³-hybridized carbons (Fsp3) is 0.222. The van der Waals surface area contributed by atoms with Gasteiger partial charge in [0.1, 0.15) is 5.82 Å². The summed E-state index contributed by atoms with van der Waals surface area (Å²) >= 11 is 0. The maximum atomic E-state index is 14.0. The number of nitrogens with one attached hydrogen (secondary N) is 1. The highest BCUT2D eigenvalue weighted by Gasteiger charge is 2.44. The number of aromatic amines is 1. The number of pyridine rings is 1. The molecule has 0 radical (unpaired) electrons. The predicted molar refractivity (Wildman–Crippen MR) is 168 cm³/mol. The molecular formula is C36H28F3N5O3. The van der Waals surface area contributed by atoms with Crippen LogP contribution in [-0.2, 0) is 25.8 Å². The number of halogens is 3. The average Bonchev–Trinajstić information content (AvgIpc) is 3.87. The second kappa shape index (κ2) is 11.4. The number of hydrogen-bond acceptors (Lipinski definition) is 5. The van der Waals surface area contributed by atoms with E-state index in [9.17, 15) is 22.8 Å². The number of benzene rings is 3. The molecule has 1 saturated heterocycles. The third-order valence-corrected chi connectivity index (χ3v) is 9.27. The molecule has 0 spiro atoms. The van der Waals surface area contributed by atoms with Crippen molar-refractivity contribution in [2.75, 3.05) is 6.54 Å². The monoisotopic (exact) mass is 635 g/mol. The lowest BCUT2D eigenvalue weighted by molar-refractivity contribution is 0.0776. The first-order chi connectivity index (χ1) is 22.8. The summed E-state index contributed by atoms with van der Waals surface area (Å²) in [6.07, 6.45) is 5.13. The molecule has 8 nitrogen and oxygen atoms in total. The lowest BCUT2D eigenvalue weighted by Crippen LogP contribution is -2.23. The van der Waals surface area contributed by atoms with Gasteiger partial charge >= 0.3 is 5.76 Å². The first kappa shape index (κ1) is 29.0. The van der Waals surface area contributed by atoms with Crippen LogP contribution in [0.4, 0.5) is 13.2 Å². The van der Waals surface area contributed by atoms with Gasteiger partial charge in [-0.2, -0.15) is 0 Å². The molecule has 0 aliphatic carbocycles. The Morgan fingerprint density at radius 3 is 2.47 bits per heavy atom. The van der Waals surface area contributed by atoms with E-state index in [1.54, 1.807) is 18.2 Å². The molecule has 3 aromatic heterocycles. The van der Waals surface area contributed by atoms with E-state index >= 15 is 0 Å². The van der Waals surface area contributed by atoms with E-state index in [0.717, 1.165) is 46.6 Å². The third-order valence-electron chi connectivity index (χ3n) is 9.27.